The maximum Gasteiger partial charge on any atom is 0.270 e. The number of carbonyl (C=O) groups is 1. The molecule has 1 heterocycles. The van der Waals surface area contributed by atoms with Crippen LogP contribution < -0.4 is 9.64 Å². The number of hydrogen-bond donors (Lipinski definition) is 0. The molecule has 1 amide bonds. The van der Waals surface area contributed by atoms with Gasteiger partial charge in [0, 0.05) is 0 Å². The van der Waals surface area contributed by atoms with Crippen molar-refractivity contribution in [1.29, 1.82) is 0 Å². The van der Waals surface area contributed by atoms with Gasteiger partial charge in [-0.25, -0.2) is 0 Å². The third-order valence-corrected chi connectivity index (χ3v) is 6.91. The van der Waals surface area contributed by atoms with E-state index in [4.69, 9.17) is 23.4 Å². The number of ether oxygens (including phenoxy) is 1. The van der Waals surface area contributed by atoms with Gasteiger partial charge >= 0.3 is 0 Å². The summed E-state index contributed by atoms with van der Waals surface area (Å²) in [5, 5.41) is 0. The predicted octanol–water partition coefficient (Wildman–Crippen LogP) is 5.93. The van der Waals surface area contributed by atoms with Gasteiger partial charge in [-0.15, -0.1) is 6.42 Å². The Hall–Kier alpha value is -1.09. The SMILES string of the molecule is C#CCOc1c(I)cc(/C=C2/SC(=S)N(c3ccc(C)cc3C)C2=O)cc1I. The van der Waals surface area contributed by atoms with Crippen molar-refractivity contribution in [3.8, 4) is 18.1 Å². The summed E-state index contributed by atoms with van der Waals surface area (Å²) in [7, 11) is 0. The number of anilines is 1. The van der Waals surface area contributed by atoms with Crippen LogP contribution in [0.2, 0.25) is 0 Å². The number of aryl methyl sites for hydroxylation is 2. The minimum Gasteiger partial charge on any atom is -0.479 e. The molecule has 0 saturated carbocycles. The standard InChI is InChI=1S/C21H15I2NO2S2/c1-4-7-26-19-15(22)9-14(10-16(19)23)11-18-20(25)24(21(27)28-18)17-6-5-12(2)8-13(17)3/h1,5-6,8-11H,7H2,2-3H3/b18-11+. The molecule has 0 N–H and O–H groups in total. The van der Waals surface area contributed by atoms with Crippen LogP contribution in [-0.2, 0) is 4.79 Å². The Kier molecular flexibility index (Phi) is 7.07. The molecule has 2 aromatic carbocycles. The van der Waals surface area contributed by atoms with Gasteiger partial charge in [-0.2, -0.15) is 0 Å². The van der Waals surface area contributed by atoms with Crippen LogP contribution >= 0.6 is 69.2 Å². The van der Waals surface area contributed by atoms with Crippen molar-refractivity contribution in [2.24, 2.45) is 0 Å². The summed E-state index contributed by atoms with van der Waals surface area (Å²) in [6.45, 7) is 4.24. The number of thiocarbonyl (C=S) groups is 1. The lowest BCUT2D eigenvalue weighted by Crippen LogP contribution is -2.28. The van der Waals surface area contributed by atoms with Crippen LogP contribution in [-0.4, -0.2) is 16.8 Å². The van der Waals surface area contributed by atoms with Crippen molar-refractivity contribution >= 4 is 91.2 Å². The molecule has 1 aliphatic rings. The molecule has 142 valence electrons. The van der Waals surface area contributed by atoms with E-state index in [1.807, 2.05) is 44.2 Å². The Morgan fingerprint density at radius 2 is 1.93 bits per heavy atom. The molecule has 7 heteroatoms. The lowest BCUT2D eigenvalue weighted by molar-refractivity contribution is -0.113. The van der Waals surface area contributed by atoms with E-state index in [1.165, 1.54) is 11.8 Å². The molecular formula is C21H15I2NO2S2. The summed E-state index contributed by atoms with van der Waals surface area (Å²) < 4.78 is 8.03. The topological polar surface area (TPSA) is 29.5 Å². The van der Waals surface area contributed by atoms with E-state index in [0.29, 0.717) is 9.23 Å². The largest absolute Gasteiger partial charge is 0.479 e. The first-order chi connectivity index (χ1) is 13.3. The highest BCUT2D eigenvalue weighted by atomic mass is 127. The number of benzene rings is 2. The molecular weight excluding hydrogens is 616 g/mol. The van der Waals surface area contributed by atoms with Gasteiger partial charge in [0.25, 0.3) is 5.91 Å². The van der Waals surface area contributed by atoms with E-state index >= 15 is 0 Å². The maximum atomic E-state index is 13.0. The maximum absolute atomic E-state index is 13.0. The minimum absolute atomic E-state index is 0.0976. The fraction of sp³-hybridized carbons (Fsp3) is 0.143. The molecule has 0 radical (unpaired) electrons. The van der Waals surface area contributed by atoms with Crippen molar-refractivity contribution in [3.05, 3.63) is 59.1 Å². The van der Waals surface area contributed by atoms with Crippen LogP contribution in [0.1, 0.15) is 16.7 Å². The fourth-order valence-corrected chi connectivity index (χ4v) is 6.21. The molecule has 1 fully saturated rings. The van der Waals surface area contributed by atoms with Crippen molar-refractivity contribution in [2.45, 2.75) is 13.8 Å². The van der Waals surface area contributed by atoms with E-state index in [0.717, 1.165) is 35.3 Å². The highest BCUT2D eigenvalue weighted by molar-refractivity contribution is 14.1. The number of rotatable bonds is 4. The Morgan fingerprint density at radius 1 is 1.25 bits per heavy atom. The van der Waals surface area contributed by atoms with Gasteiger partial charge in [-0.1, -0.05) is 47.6 Å². The average molecular weight is 631 g/mol. The van der Waals surface area contributed by atoms with Gasteiger partial charge in [0.2, 0.25) is 0 Å². The van der Waals surface area contributed by atoms with E-state index in [-0.39, 0.29) is 12.5 Å². The molecule has 0 atom stereocenters. The normalized spacial score (nSPS) is 15.2. The quantitative estimate of drug-likeness (QED) is 0.181. The Bertz CT molecular complexity index is 1030. The van der Waals surface area contributed by atoms with Gasteiger partial charge in [-0.05, 0) is 94.4 Å². The number of terminal acetylenes is 1. The lowest BCUT2D eigenvalue weighted by Gasteiger charge is -2.17. The summed E-state index contributed by atoms with van der Waals surface area (Å²) in [4.78, 5) is 15.3. The van der Waals surface area contributed by atoms with Crippen LogP contribution in [0, 0.1) is 33.3 Å². The molecule has 3 nitrogen and oxygen atoms in total. The van der Waals surface area contributed by atoms with Crippen LogP contribution in [0.4, 0.5) is 5.69 Å². The van der Waals surface area contributed by atoms with Crippen LogP contribution in [0.3, 0.4) is 0 Å². The molecule has 1 aliphatic heterocycles. The molecule has 3 rings (SSSR count). The molecule has 0 aliphatic carbocycles. The Balaban J connectivity index is 1.93. The second-order valence-corrected chi connectivity index (χ2v) is 10.1. The molecule has 0 unspecified atom stereocenters. The third-order valence-electron chi connectivity index (χ3n) is 4.01. The lowest BCUT2D eigenvalue weighted by atomic mass is 10.1. The van der Waals surface area contributed by atoms with Gasteiger partial charge < -0.3 is 4.74 Å². The zero-order chi connectivity index (χ0) is 20.4. The van der Waals surface area contributed by atoms with E-state index < -0.39 is 0 Å². The zero-order valence-corrected chi connectivity index (χ0v) is 21.0. The summed E-state index contributed by atoms with van der Waals surface area (Å²) in [5.74, 6) is 3.14. The number of carbonyl (C=O) groups excluding carboxylic acids is 1. The van der Waals surface area contributed by atoms with Crippen LogP contribution in [0.15, 0.2) is 35.2 Å². The van der Waals surface area contributed by atoms with E-state index in [1.54, 1.807) is 4.90 Å². The van der Waals surface area contributed by atoms with Gasteiger partial charge in [-0.3, -0.25) is 9.69 Å². The smallest absolute Gasteiger partial charge is 0.270 e. The van der Waals surface area contributed by atoms with Crippen molar-refractivity contribution in [1.82, 2.24) is 0 Å². The monoisotopic (exact) mass is 631 g/mol. The second-order valence-electron chi connectivity index (χ2n) is 6.11. The average Bonchev–Trinajstić information content (AvgIpc) is 2.88. The summed E-state index contributed by atoms with van der Waals surface area (Å²) >= 11 is 11.2. The number of amides is 1. The van der Waals surface area contributed by atoms with Crippen molar-refractivity contribution in [3.63, 3.8) is 0 Å². The number of nitrogens with zero attached hydrogens (tertiary/aromatic N) is 1. The molecule has 0 spiro atoms. The molecule has 2 aromatic rings. The fourth-order valence-electron chi connectivity index (χ4n) is 2.80. The van der Waals surface area contributed by atoms with Crippen LogP contribution in [0.5, 0.6) is 5.75 Å². The molecule has 0 bridgehead atoms. The first kappa shape index (κ1) is 21.6. The van der Waals surface area contributed by atoms with E-state index in [9.17, 15) is 4.79 Å². The number of thioether (sulfide) groups is 1. The number of halogens is 2. The minimum atomic E-state index is -0.0976. The summed E-state index contributed by atoms with van der Waals surface area (Å²) in [6.07, 6.45) is 7.15. The second kappa shape index (κ2) is 9.15. The third kappa shape index (κ3) is 4.56. The predicted molar refractivity (Wildman–Crippen MR) is 138 cm³/mol. The Labute approximate surface area is 201 Å². The first-order valence-electron chi connectivity index (χ1n) is 8.22. The zero-order valence-electron chi connectivity index (χ0n) is 15.1. The van der Waals surface area contributed by atoms with Crippen molar-refractivity contribution in [2.75, 3.05) is 11.5 Å². The molecule has 0 aromatic heterocycles. The van der Waals surface area contributed by atoms with Crippen molar-refractivity contribution < 1.29 is 9.53 Å². The highest BCUT2D eigenvalue weighted by Crippen LogP contribution is 2.38. The van der Waals surface area contributed by atoms with Gasteiger partial charge in [0.1, 0.15) is 12.4 Å². The van der Waals surface area contributed by atoms with Crippen LogP contribution in [0.25, 0.3) is 6.08 Å². The first-order valence-corrected chi connectivity index (χ1v) is 11.6. The number of hydrogen-bond acceptors (Lipinski definition) is 4. The summed E-state index contributed by atoms with van der Waals surface area (Å²) in [6, 6.07) is 9.93. The van der Waals surface area contributed by atoms with Gasteiger partial charge in [0.15, 0.2) is 4.32 Å². The molecule has 1 saturated heterocycles. The molecule has 28 heavy (non-hydrogen) atoms. The Morgan fingerprint density at radius 3 is 2.54 bits per heavy atom. The van der Waals surface area contributed by atoms with E-state index in [2.05, 4.69) is 57.2 Å². The summed E-state index contributed by atoms with van der Waals surface area (Å²) in [5.41, 5.74) is 3.93. The van der Waals surface area contributed by atoms with Gasteiger partial charge in [0.05, 0.1) is 17.7 Å². The highest BCUT2D eigenvalue weighted by Gasteiger charge is 2.34.